The smallest absolute Gasteiger partial charge is 0.319 e. The van der Waals surface area contributed by atoms with Crippen LogP contribution in [-0.4, -0.2) is 36.9 Å². The van der Waals surface area contributed by atoms with Crippen molar-refractivity contribution in [2.45, 2.75) is 32.4 Å². The lowest BCUT2D eigenvalue weighted by Crippen LogP contribution is -2.60. The van der Waals surface area contributed by atoms with Gasteiger partial charge in [0.2, 0.25) is 0 Å². The minimum Gasteiger partial charge on any atom is -0.468 e. The minimum absolute atomic E-state index is 0.131. The van der Waals surface area contributed by atoms with E-state index in [1.165, 1.54) is 7.11 Å². The first-order valence-corrected chi connectivity index (χ1v) is 4.46. The van der Waals surface area contributed by atoms with Gasteiger partial charge in [0.05, 0.1) is 19.8 Å². The standard InChI is InChI=1S/C9H17NO3/c1-9(2)6(4-7(9)11)10-5-8(12)13-3/h6-7,10-11H,4-5H2,1-3H3. The van der Waals surface area contributed by atoms with Crippen LogP contribution in [0.25, 0.3) is 0 Å². The van der Waals surface area contributed by atoms with Gasteiger partial charge in [-0.05, 0) is 6.42 Å². The Morgan fingerprint density at radius 3 is 2.69 bits per heavy atom. The number of carbonyl (C=O) groups is 1. The molecule has 76 valence electrons. The molecule has 0 aromatic rings. The van der Waals surface area contributed by atoms with Crippen LogP contribution in [0.4, 0.5) is 0 Å². The van der Waals surface area contributed by atoms with Gasteiger partial charge in [0, 0.05) is 11.5 Å². The molecule has 4 heteroatoms. The van der Waals surface area contributed by atoms with Crippen LogP contribution in [0.5, 0.6) is 0 Å². The summed E-state index contributed by atoms with van der Waals surface area (Å²) in [5, 5.41) is 12.5. The molecule has 13 heavy (non-hydrogen) atoms. The average Bonchev–Trinajstić information content (AvgIpc) is 2.11. The van der Waals surface area contributed by atoms with Gasteiger partial charge in [-0.25, -0.2) is 0 Å². The Bertz CT molecular complexity index is 203. The van der Waals surface area contributed by atoms with Crippen LogP contribution in [-0.2, 0) is 9.53 Å². The first kappa shape index (κ1) is 10.5. The number of aliphatic hydroxyl groups is 1. The van der Waals surface area contributed by atoms with E-state index in [9.17, 15) is 9.90 Å². The molecule has 1 aliphatic rings. The van der Waals surface area contributed by atoms with Crippen molar-refractivity contribution in [1.82, 2.24) is 5.32 Å². The lowest BCUT2D eigenvalue weighted by molar-refractivity contribution is -0.141. The van der Waals surface area contributed by atoms with Gasteiger partial charge in [0.1, 0.15) is 0 Å². The number of nitrogens with one attached hydrogen (secondary N) is 1. The number of methoxy groups -OCH3 is 1. The zero-order valence-electron chi connectivity index (χ0n) is 8.33. The zero-order valence-corrected chi connectivity index (χ0v) is 8.33. The molecule has 1 saturated carbocycles. The zero-order chi connectivity index (χ0) is 10.1. The summed E-state index contributed by atoms with van der Waals surface area (Å²) < 4.78 is 4.50. The van der Waals surface area contributed by atoms with Crippen molar-refractivity contribution < 1.29 is 14.6 Å². The van der Waals surface area contributed by atoms with Gasteiger partial charge in [0.15, 0.2) is 0 Å². The second-order valence-electron chi connectivity index (χ2n) is 4.08. The fourth-order valence-corrected chi connectivity index (χ4v) is 1.53. The van der Waals surface area contributed by atoms with Gasteiger partial charge in [0.25, 0.3) is 0 Å². The third-order valence-corrected chi connectivity index (χ3v) is 2.94. The van der Waals surface area contributed by atoms with Crippen molar-refractivity contribution in [3.8, 4) is 0 Å². The summed E-state index contributed by atoms with van der Waals surface area (Å²) in [5.74, 6) is -0.266. The highest BCUT2D eigenvalue weighted by atomic mass is 16.5. The van der Waals surface area contributed by atoms with Crippen molar-refractivity contribution in [2.75, 3.05) is 13.7 Å². The van der Waals surface area contributed by atoms with E-state index in [2.05, 4.69) is 10.1 Å². The SMILES string of the molecule is COC(=O)CNC1CC(O)C1(C)C. The van der Waals surface area contributed by atoms with Gasteiger partial charge in [-0.2, -0.15) is 0 Å². The summed E-state index contributed by atoms with van der Waals surface area (Å²) in [6, 6.07) is 0.210. The van der Waals surface area contributed by atoms with Crippen molar-refractivity contribution in [2.24, 2.45) is 5.41 Å². The number of aliphatic hydroxyl groups excluding tert-OH is 1. The molecule has 4 nitrogen and oxygen atoms in total. The minimum atomic E-state index is -0.266. The summed E-state index contributed by atoms with van der Waals surface area (Å²) >= 11 is 0. The Morgan fingerprint density at radius 2 is 2.31 bits per heavy atom. The molecular weight excluding hydrogens is 170 g/mol. The molecule has 1 aliphatic carbocycles. The predicted octanol–water partition coefficient (Wildman–Crippen LogP) is -0.0916. The lowest BCUT2D eigenvalue weighted by Gasteiger charge is -2.49. The topological polar surface area (TPSA) is 58.6 Å². The predicted molar refractivity (Wildman–Crippen MR) is 48.2 cm³/mol. The molecule has 0 aromatic heterocycles. The number of hydrogen-bond donors (Lipinski definition) is 2. The molecule has 0 aliphatic heterocycles. The number of ether oxygens (including phenoxy) is 1. The molecule has 1 rings (SSSR count). The van der Waals surface area contributed by atoms with Crippen molar-refractivity contribution >= 4 is 5.97 Å². The van der Waals surface area contributed by atoms with E-state index in [0.29, 0.717) is 6.42 Å². The van der Waals surface area contributed by atoms with Crippen LogP contribution >= 0.6 is 0 Å². The van der Waals surface area contributed by atoms with Crippen LogP contribution in [0.2, 0.25) is 0 Å². The molecule has 2 atom stereocenters. The second-order valence-corrected chi connectivity index (χ2v) is 4.08. The Kier molecular flexibility index (Phi) is 2.93. The van der Waals surface area contributed by atoms with Gasteiger partial charge >= 0.3 is 5.97 Å². The maximum atomic E-state index is 10.8. The number of hydrogen-bond acceptors (Lipinski definition) is 4. The summed E-state index contributed by atoms with van der Waals surface area (Å²) in [4.78, 5) is 10.8. The maximum absolute atomic E-state index is 10.8. The van der Waals surface area contributed by atoms with E-state index < -0.39 is 0 Å². The normalized spacial score (nSPS) is 30.8. The first-order valence-electron chi connectivity index (χ1n) is 4.46. The molecule has 0 heterocycles. The fraction of sp³-hybridized carbons (Fsp3) is 0.889. The van der Waals surface area contributed by atoms with E-state index in [1.54, 1.807) is 0 Å². The Morgan fingerprint density at radius 1 is 1.69 bits per heavy atom. The molecule has 0 aromatic carbocycles. The second kappa shape index (κ2) is 3.64. The van der Waals surface area contributed by atoms with Gasteiger partial charge in [-0.15, -0.1) is 0 Å². The monoisotopic (exact) mass is 187 g/mol. The molecule has 1 fully saturated rings. The molecule has 2 unspecified atom stereocenters. The van der Waals surface area contributed by atoms with Crippen LogP contribution in [0.1, 0.15) is 20.3 Å². The third kappa shape index (κ3) is 2.00. The van der Waals surface area contributed by atoms with Crippen LogP contribution < -0.4 is 5.32 Å². The Balaban J connectivity index is 2.29. The highest BCUT2D eigenvalue weighted by molar-refractivity contribution is 5.71. The van der Waals surface area contributed by atoms with Crippen LogP contribution in [0, 0.1) is 5.41 Å². The van der Waals surface area contributed by atoms with Crippen molar-refractivity contribution in [3.63, 3.8) is 0 Å². The average molecular weight is 187 g/mol. The summed E-state index contributed by atoms with van der Waals surface area (Å²) in [7, 11) is 1.37. The summed E-state index contributed by atoms with van der Waals surface area (Å²) in [6.07, 6.45) is 0.451. The molecule has 0 saturated heterocycles. The van der Waals surface area contributed by atoms with E-state index in [-0.39, 0.29) is 30.1 Å². The molecule has 0 spiro atoms. The highest BCUT2D eigenvalue weighted by Gasteiger charge is 2.46. The first-order chi connectivity index (χ1) is 5.98. The van der Waals surface area contributed by atoms with Crippen LogP contribution in [0.15, 0.2) is 0 Å². The van der Waals surface area contributed by atoms with E-state index in [0.717, 1.165) is 0 Å². The molecule has 0 amide bonds. The Labute approximate surface area is 78.3 Å². The summed E-state index contributed by atoms with van der Waals surface area (Å²) in [6.45, 7) is 4.18. The number of rotatable bonds is 3. The fourth-order valence-electron chi connectivity index (χ4n) is 1.53. The largest absolute Gasteiger partial charge is 0.468 e. The van der Waals surface area contributed by atoms with Gasteiger partial charge in [-0.1, -0.05) is 13.8 Å². The Hall–Kier alpha value is -0.610. The van der Waals surface area contributed by atoms with Crippen molar-refractivity contribution in [3.05, 3.63) is 0 Å². The molecular formula is C9H17NO3. The quantitative estimate of drug-likeness (QED) is 0.606. The number of carbonyl (C=O) groups excluding carboxylic acids is 1. The van der Waals surface area contributed by atoms with Gasteiger partial charge < -0.3 is 15.2 Å². The highest BCUT2D eigenvalue weighted by Crippen LogP contribution is 2.40. The van der Waals surface area contributed by atoms with E-state index in [1.807, 2.05) is 13.8 Å². The molecule has 0 radical (unpaired) electrons. The number of esters is 1. The van der Waals surface area contributed by atoms with Gasteiger partial charge in [-0.3, -0.25) is 4.79 Å². The third-order valence-electron chi connectivity index (χ3n) is 2.94. The lowest BCUT2D eigenvalue weighted by atomic mass is 9.64. The summed E-state index contributed by atoms with van der Waals surface area (Å²) in [5.41, 5.74) is -0.131. The molecule has 2 N–H and O–H groups in total. The van der Waals surface area contributed by atoms with Crippen molar-refractivity contribution in [1.29, 1.82) is 0 Å². The van der Waals surface area contributed by atoms with E-state index >= 15 is 0 Å². The van der Waals surface area contributed by atoms with E-state index in [4.69, 9.17) is 0 Å². The maximum Gasteiger partial charge on any atom is 0.319 e. The molecule has 0 bridgehead atoms. The van der Waals surface area contributed by atoms with Crippen LogP contribution in [0.3, 0.4) is 0 Å².